The Balaban J connectivity index is 4.00. The van der Waals surface area contributed by atoms with E-state index >= 15 is 0 Å². The van der Waals surface area contributed by atoms with Crippen LogP contribution < -0.4 is 5.73 Å². The van der Waals surface area contributed by atoms with E-state index in [0.717, 1.165) is 0 Å². The minimum Gasteiger partial charge on any atom is -0.480 e. The van der Waals surface area contributed by atoms with Gasteiger partial charge in [-0.3, -0.25) is 9.36 Å². The number of nitrogens with two attached hydrogens (primary N) is 1. The molecule has 0 saturated heterocycles. The third-order valence-corrected chi connectivity index (χ3v) is 3.51. The molecule has 0 radical (unpaired) electrons. The number of carboxylic acid groups (broad SMARTS) is 1. The first-order valence-electron chi connectivity index (χ1n) is 3.64. The Labute approximate surface area is 76.5 Å². The van der Waals surface area contributed by atoms with Crippen LogP contribution in [0.3, 0.4) is 0 Å². The van der Waals surface area contributed by atoms with E-state index in [0.29, 0.717) is 0 Å². The Kier molecular flexibility index (Phi) is 5.17. The van der Waals surface area contributed by atoms with Crippen molar-refractivity contribution in [2.75, 3.05) is 20.4 Å². The van der Waals surface area contributed by atoms with Gasteiger partial charge in [0.05, 0.1) is 6.16 Å². The minimum atomic E-state index is -3.12. The Morgan fingerprint density at radius 1 is 1.54 bits per heavy atom. The van der Waals surface area contributed by atoms with Gasteiger partial charge in [0.2, 0.25) is 0 Å². The van der Waals surface area contributed by atoms with Crippen LogP contribution in [0.25, 0.3) is 0 Å². The van der Waals surface area contributed by atoms with E-state index in [1.807, 2.05) is 0 Å². The highest BCUT2D eigenvalue weighted by atomic mass is 31.2. The summed E-state index contributed by atoms with van der Waals surface area (Å²) in [5.74, 6) is -1.13. The molecule has 13 heavy (non-hydrogen) atoms. The topological polar surface area (TPSA) is 98.9 Å². The van der Waals surface area contributed by atoms with E-state index in [9.17, 15) is 9.36 Å². The maximum atomic E-state index is 11.4. The van der Waals surface area contributed by atoms with Crippen molar-refractivity contribution in [2.45, 2.75) is 12.5 Å². The number of carbonyl (C=O) groups is 1. The molecule has 0 aliphatic heterocycles. The average Bonchev–Trinajstić information content (AvgIpc) is 2.13. The number of carboxylic acids is 1. The fraction of sp³-hybridized carbons (Fsp3) is 0.833. The molecule has 0 bridgehead atoms. The van der Waals surface area contributed by atoms with Crippen LogP contribution in [0.2, 0.25) is 0 Å². The maximum absolute atomic E-state index is 11.4. The smallest absolute Gasteiger partial charge is 0.330 e. The summed E-state index contributed by atoms with van der Waals surface area (Å²) < 4.78 is 20.6. The lowest BCUT2D eigenvalue weighted by Gasteiger charge is -2.14. The second-order valence-electron chi connectivity index (χ2n) is 2.43. The Morgan fingerprint density at radius 3 is 2.31 bits per heavy atom. The van der Waals surface area contributed by atoms with Gasteiger partial charge in [-0.2, -0.15) is 0 Å². The molecule has 0 heterocycles. The van der Waals surface area contributed by atoms with Crippen molar-refractivity contribution in [2.24, 2.45) is 5.73 Å². The van der Waals surface area contributed by atoms with E-state index in [1.165, 1.54) is 14.2 Å². The predicted molar refractivity (Wildman–Crippen MR) is 46.7 cm³/mol. The van der Waals surface area contributed by atoms with Gasteiger partial charge in [0.1, 0.15) is 6.04 Å². The maximum Gasteiger partial charge on any atom is 0.330 e. The van der Waals surface area contributed by atoms with Gasteiger partial charge < -0.3 is 19.9 Å². The highest BCUT2D eigenvalue weighted by Crippen LogP contribution is 2.46. The van der Waals surface area contributed by atoms with Crippen molar-refractivity contribution in [3.8, 4) is 0 Å². The second kappa shape index (κ2) is 5.34. The standard InChI is InChI=1S/C6H14NO5P/c1-11-13(10,12-2)4-3-5(7)6(8)9/h5H,3-4,7H2,1-2H3,(H,8,9). The van der Waals surface area contributed by atoms with E-state index in [-0.39, 0.29) is 12.6 Å². The van der Waals surface area contributed by atoms with Crippen LogP contribution in [-0.4, -0.2) is 37.5 Å². The molecule has 3 N–H and O–H groups in total. The molecule has 0 rings (SSSR count). The van der Waals surface area contributed by atoms with E-state index in [1.54, 1.807) is 0 Å². The van der Waals surface area contributed by atoms with Crippen LogP contribution in [-0.2, 0) is 18.4 Å². The van der Waals surface area contributed by atoms with Crippen LogP contribution in [0.15, 0.2) is 0 Å². The molecule has 0 saturated carbocycles. The normalized spacial score (nSPS) is 14.1. The summed E-state index contributed by atoms with van der Waals surface area (Å²) in [6.07, 6.45) is 0.0712. The molecular formula is C6H14NO5P. The van der Waals surface area contributed by atoms with Crippen molar-refractivity contribution in [1.29, 1.82) is 0 Å². The van der Waals surface area contributed by atoms with E-state index < -0.39 is 19.6 Å². The fourth-order valence-electron chi connectivity index (χ4n) is 0.678. The summed E-state index contributed by atoms with van der Waals surface area (Å²) in [6.45, 7) is 0. The average molecular weight is 211 g/mol. The van der Waals surface area contributed by atoms with Crippen molar-refractivity contribution in [1.82, 2.24) is 0 Å². The first-order chi connectivity index (χ1) is 5.95. The molecule has 7 heteroatoms. The number of aliphatic carboxylic acids is 1. The first-order valence-corrected chi connectivity index (χ1v) is 5.37. The summed E-state index contributed by atoms with van der Waals surface area (Å²) in [5, 5.41) is 8.43. The second-order valence-corrected chi connectivity index (χ2v) is 4.83. The molecule has 0 aromatic carbocycles. The largest absolute Gasteiger partial charge is 0.480 e. The zero-order valence-corrected chi connectivity index (χ0v) is 8.49. The lowest BCUT2D eigenvalue weighted by molar-refractivity contribution is -0.138. The van der Waals surface area contributed by atoms with Crippen LogP contribution >= 0.6 is 7.60 Å². The first kappa shape index (κ1) is 12.6. The monoisotopic (exact) mass is 211 g/mol. The van der Waals surface area contributed by atoms with E-state index in [4.69, 9.17) is 10.8 Å². The van der Waals surface area contributed by atoms with Gasteiger partial charge in [0.25, 0.3) is 0 Å². The lowest BCUT2D eigenvalue weighted by Crippen LogP contribution is -2.30. The molecule has 0 fully saturated rings. The van der Waals surface area contributed by atoms with Gasteiger partial charge in [-0.1, -0.05) is 0 Å². The van der Waals surface area contributed by atoms with Crippen LogP contribution in [0.4, 0.5) is 0 Å². The molecule has 0 aliphatic rings. The van der Waals surface area contributed by atoms with Crippen LogP contribution in [0.5, 0.6) is 0 Å². The summed E-state index contributed by atoms with van der Waals surface area (Å²) >= 11 is 0. The van der Waals surface area contributed by atoms with Gasteiger partial charge in [-0.25, -0.2) is 0 Å². The van der Waals surface area contributed by atoms with Crippen molar-refractivity contribution < 1.29 is 23.5 Å². The molecular weight excluding hydrogens is 197 g/mol. The van der Waals surface area contributed by atoms with Crippen molar-refractivity contribution in [3.05, 3.63) is 0 Å². The Hall–Kier alpha value is -0.420. The summed E-state index contributed by atoms with van der Waals surface area (Å²) in [6, 6.07) is -1.03. The lowest BCUT2D eigenvalue weighted by atomic mass is 10.2. The zero-order chi connectivity index (χ0) is 10.5. The Morgan fingerprint density at radius 2 is 2.00 bits per heavy atom. The molecule has 6 nitrogen and oxygen atoms in total. The molecule has 0 spiro atoms. The van der Waals surface area contributed by atoms with Crippen molar-refractivity contribution in [3.63, 3.8) is 0 Å². The molecule has 0 aliphatic carbocycles. The van der Waals surface area contributed by atoms with Crippen LogP contribution in [0, 0.1) is 0 Å². The molecule has 78 valence electrons. The van der Waals surface area contributed by atoms with E-state index in [2.05, 4.69) is 9.05 Å². The molecule has 0 amide bonds. The summed E-state index contributed by atoms with van der Waals surface area (Å²) in [5.41, 5.74) is 5.20. The molecule has 1 unspecified atom stereocenters. The fourth-order valence-corrected chi connectivity index (χ4v) is 1.79. The van der Waals surface area contributed by atoms with Gasteiger partial charge >= 0.3 is 13.6 Å². The summed E-state index contributed by atoms with van der Waals surface area (Å²) in [4.78, 5) is 10.3. The Bertz CT molecular complexity index is 211. The van der Waals surface area contributed by atoms with Gasteiger partial charge in [-0.15, -0.1) is 0 Å². The molecule has 0 aromatic rings. The number of rotatable bonds is 6. The van der Waals surface area contributed by atoms with Crippen LogP contribution in [0.1, 0.15) is 6.42 Å². The highest BCUT2D eigenvalue weighted by Gasteiger charge is 2.23. The number of hydrogen-bond donors (Lipinski definition) is 2. The van der Waals surface area contributed by atoms with Gasteiger partial charge in [0, 0.05) is 14.2 Å². The highest BCUT2D eigenvalue weighted by molar-refractivity contribution is 7.53. The molecule has 0 aromatic heterocycles. The van der Waals surface area contributed by atoms with Gasteiger partial charge in [0.15, 0.2) is 0 Å². The third-order valence-electron chi connectivity index (χ3n) is 1.59. The SMILES string of the molecule is COP(=O)(CCC(N)C(=O)O)OC. The summed E-state index contributed by atoms with van der Waals surface area (Å²) in [7, 11) is -0.625. The zero-order valence-electron chi connectivity index (χ0n) is 7.60. The number of hydrogen-bond acceptors (Lipinski definition) is 5. The predicted octanol–water partition coefficient (Wildman–Crippen LogP) is 0.274. The minimum absolute atomic E-state index is 0.00741. The third kappa shape index (κ3) is 4.38. The van der Waals surface area contributed by atoms with Gasteiger partial charge in [-0.05, 0) is 6.42 Å². The molecule has 1 atom stereocenters. The quantitative estimate of drug-likeness (QED) is 0.612. The van der Waals surface area contributed by atoms with Crippen molar-refractivity contribution >= 4 is 13.6 Å².